The highest BCUT2D eigenvalue weighted by molar-refractivity contribution is 9.10. The molecule has 0 saturated heterocycles. The molecule has 0 atom stereocenters. The molecule has 1 heterocycles. The molecule has 1 N–H and O–H groups in total. The molecule has 1 aliphatic heterocycles. The van der Waals surface area contributed by atoms with Gasteiger partial charge >= 0.3 is 0 Å². The maximum Gasteiger partial charge on any atom is 0.286 e. The van der Waals surface area contributed by atoms with E-state index in [-0.39, 0.29) is 11.7 Å². The molecule has 26 heavy (non-hydrogen) atoms. The van der Waals surface area contributed by atoms with Crippen LogP contribution >= 0.6 is 39.3 Å². The number of rotatable bonds is 3. The van der Waals surface area contributed by atoms with Crippen molar-refractivity contribution in [2.24, 2.45) is 4.99 Å². The van der Waals surface area contributed by atoms with Gasteiger partial charge in [0.2, 0.25) is 0 Å². The van der Waals surface area contributed by atoms with Crippen molar-refractivity contribution in [2.75, 3.05) is 19.1 Å². The van der Waals surface area contributed by atoms with Gasteiger partial charge in [-0.05, 0) is 75.7 Å². The number of thioether (sulfide) groups is 1. The Kier molecular flexibility index (Phi) is 5.60. The quantitative estimate of drug-likeness (QED) is 0.668. The molecule has 1 aliphatic rings. The lowest BCUT2D eigenvalue weighted by Crippen LogP contribution is -2.21. The normalized spacial score (nSPS) is 15.3. The first-order valence-corrected chi connectivity index (χ1v) is 9.46. The molecule has 3 rings (SSSR count). The van der Waals surface area contributed by atoms with Gasteiger partial charge in [0.15, 0.2) is 16.7 Å². The van der Waals surface area contributed by atoms with Gasteiger partial charge in [0.1, 0.15) is 0 Å². The molecule has 134 valence electrons. The molecule has 0 radical (unpaired) electrons. The molecule has 8 heteroatoms. The molecule has 0 aromatic heterocycles. The van der Waals surface area contributed by atoms with Crippen LogP contribution in [0.2, 0.25) is 5.02 Å². The van der Waals surface area contributed by atoms with Crippen LogP contribution in [0, 0.1) is 0 Å². The van der Waals surface area contributed by atoms with E-state index in [9.17, 15) is 9.90 Å². The van der Waals surface area contributed by atoms with Crippen molar-refractivity contribution in [3.8, 4) is 11.5 Å². The second-order valence-electron chi connectivity index (χ2n) is 5.40. The predicted octanol–water partition coefficient (Wildman–Crippen LogP) is 4.92. The lowest BCUT2D eigenvalue weighted by molar-refractivity contribution is -0.113. The Morgan fingerprint density at radius 1 is 1.31 bits per heavy atom. The summed E-state index contributed by atoms with van der Waals surface area (Å²) in [4.78, 5) is 18.7. The number of aromatic hydroxyl groups is 1. The number of amides is 1. The molecule has 5 nitrogen and oxygen atoms in total. The summed E-state index contributed by atoms with van der Waals surface area (Å²) in [6.45, 7) is 0. The van der Waals surface area contributed by atoms with E-state index in [1.165, 1.54) is 18.9 Å². The van der Waals surface area contributed by atoms with E-state index >= 15 is 0 Å². The van der Waals surface area contributed by atoms with Crippen molar-refractivity contribution >= 4 is 62.1 Å². The first kappa shape index (κ1) is 18.8. The topological polar surface area (TPSA) is 62.1 Å². The monoisotopic (exact) mass is 452 g/mol. The van der Waals surface area contributed by atoms with Gasteiger partial charge in [-0.25, -0.2) is 0 Å². The van der Waals surface area contributed by atoms with Crippen molar-refractivity contribution in [3.05, 3.63) is 56.4 Å². The predicted molar refractivity (Wildman–Crippen MR) is 110 cm³/mol. The fourth-order valence-corrected chi connectivity index (χ4v) is 3.78. The Balaban J connectivity index is 1.84. The summed E-state index contributed by atoms with van der Waals surface area (Å²) in [5.41, 5.74) is 1.59. The molecule has 0 fully saturated rings. The molecule has 0 bridgehead atoms. The second-order valence-corrected chi connectivity index (χ2v) is 7.70. The van der Waals surface area contributed by atoms with E-state index < -0.39 is 0 Å². The van der Waals surface area contributed by atoms with Gasteiger partial charge in [-0.3, -0.25) is 4.79 Å². The summed E-state index contributed by atoms with van der Waals surface area (Å²) in [5, 5.41) is 11.1. The lowest BCUT2D eigenvalue weighted by Gasteiger charge is -2.17. The lowest BCUT2D eigenvalue weighted by atomic mass is 10.2. The molecule has 2 aromatic rings. The molecule has 1 amide bonds. The third-order valence-corrected chi connectivity index (χ3v) is 5.60. The molecule has 0 unspecified atom stereocenters. The average molecular weight is 454 g/mol. The Hall–Kier alpha value is -1.96. The average Bonchev–Trinajstić information content (AvgIpc) is 2.98. The molecule has 0 saturated carbocycles. The number of halogens is 2. The number of hydrogen-bond donors (Lipinski definition) is 1. The number of methoxy groups -OCH3 is 1. The summed E-state index contributed by atoms with van der Waals surface area (Å²) < 4.78 is 5.62. The zero-order chi connectivity index (χ0) is 18.8. The van der Waals surface area contributed by atoms with Crippen molar-refractivity contribution in [1.82, 2.24) is 0 Å². The third kappa shape index (κ3) is 3.90. The zero-order valence-corrected chi connectivity index (χ0v) is 17.0. The molecule has 0 spiro atoms. The van der Waals surface area contributed by atoms with Crippen LogP contribution in [0.3, 0.4) is 0 Å². The first-order valence-electron chi connectivity index (χ1n) is 7.47. The smallest absolute Gasteiger partial charge is 0.286 e. The number of carbonyl (C=O) groups excluding carboxylic acids is 1. The van der Waals surface area contributed by atoms with E-state index in [1.807, 2.05) is 24.1 Å². The van der Waals surface area contributed by atoms with Crippen LogP contribution in [0.1, 0.15) is 5.56 Å². The first-order chi connectivity index (χ1) is 12.4. The number of phenolic OH excluding ortho intramolecular Hbond substituents is 1. The van der Waals surface area contributed by atoms with E-state index in [0.717, 1.165) is 5.69 Å². The van der Waals surface area contributed by atoms with Crippen molar-refractivity contribution in [3.63, 3.8) is 0 Å². The van der Waals surface area contributed by atoms with Crippen LogP contribution in [0.25, 0.3) is 6.08 Å². The van der Waals surface area contributed by atoms with Gasteiger partial charge in [0.25, 0.3) is 5.91 Å². The molecular formula is C18H14BrClN2O3S. The highest BCUT2D eigenvalue weighted by Gasteiger charge is 2.25. The Bertz CT molecular complexity index is 929. The fourth-order valence-electron chi connectivity index (χ4n) is 2.30. The minimum absolute atomic E-state index is 0.0134. The van der Waals surface area contributed by atoms with Crippen molar-refractivity contribution in [2.45, 2.75) is 0 Å². The SMILES string of the molecule is COc1cc(/C=C2\SC(N(C)c3ccc(Cl)cc3)=NC2=O)cc(Br)c1O. The maximum atomic E-state index is 12.3. The van der Waals surface area contributed by atoms with Crippen molar-refractivity contribution < 1.29 is 14.6 Å². The van der Waals surface area contributed by atoms with Crippen LogP contribution in [-0.4, -0.2) is 30.3 Å². The van der Waals surface area contributed by atoms with Crippen LogP contribution in [0.4, 0.5) is 5.69 Å². The zero-order valence-electron chi connectivity index (χ0n) is 13.9. The minimum atomic E-state index is -0.311. The second kappa shape index (κ2) is 7.73. The number of anilines is 1. The number of phenols is 1. The third-order valence-electron chi connectivity index (χ3n) is 3.68. The van der Waals surface area contributed by atoms with Crippen LogP contribution < -0.4 is 9.64 Å². The summed E-state index contributed by atoms with van der Waals surface area (Å²) in [6.07, 6.45) is 1.71. The molecular weight excluding hydrogens is 440 g/mol. The van der Waals surface area contributed by atoms with E-state index in [1.54, 1.807) is 30.3 Å². The van der Waals surface area contributed by atoms with E-state index in [0.29, 0.717) is 30.9 Å². The molecule has 2 aromatic carbocycles. The Labute approximate surface area is 168 Å². The minimum Gasteiger partial charge on any atom is -0.503 e. The standard InChI is InChI=1S/C18H14BrClN2O3S/c1-22(12-5-3-11(20)4-6-12)18-21-17(24)15(26-18)9-10-7-13(19)16(23)14(8-10)25-2/h3-9,23H,1-2H3/b15-9-. The Morgan fingerprint density at radius 3 is 2.65 bits per heavy atom. The number of ether oxygens (including phenoxy) is 1. The number of carbonyl (C=O) groups is 1. The van der Waals surface area contributed by atoms with Gasteiger partial charge in [0.05, 0.1) is 16.5 Å². The Morgan fingerprint density at radius 2 is 2.00 bits per heavy atom. The van der Waals surface area contributed by atoms with Gasteiger partial charge in [0, 0.05) is 17.8 Å². The summed E-state index contributed by atoms with van der Waals surface area (Å²) in [6, 6.07) is 10.7. The van der Waals surface area contributed by atoms with Crippen molar-refractivity contribution in [1.29, 1.82) is 0 Å². The number of aliphatic imine (C=N–C) groups is 1. The number of nitrogens with zero attached hydrogens (tertiary/aromatic N) is 2. The summed E-state index contributed by atoms with van der Waals surface area (Å²) in [5.74, 6) is 0.0227. The van der Waals surface area contributed by atoms with E-state index in [4.69, 9.17) is 16.3 Å². The summed E-state index contributed by atoms with van der Waals surface area (Å²) >= 11 is 10.5. The number of benzene rings is 2. The van der Waals surface area contributed by atoms with Gasteiger partial charge in [-0.15, -0.1) is 0 Å². The number of amidine groups is 1. The van der Waals surface area contributed by atoms with Gasteiger partial charge in [-0.1, -0.05) is 11.6 Å². The van der Waals surface area contributed by atoms with Crippen LogP contribution in [0.15, 0.2) is 50.8 Å². The fraction of sp³-hybridized carbons (Fsp3) is 0.111. The van der Waals surface area contributed by atoms with Crippen LogP contribution in [-0.2, 0) is 4.79 Å². The maximum absolute atomic E-state index is 12.3. The molecule has 0 aliphatic carbocycles. The van der Waals surface area contributed by atoms with Crippen LogP contribution in [0.5, 0.6) is 11.5 Å². The van der Waals surface area contributed by atoms with Gasteiger partial charge < -0.3 is 14.7 Å². The van der Waals surface area contributed by atoms with E-state index in [2.05, 4.69) is 20.9 Å². The number of hydrogen-bond acceptors (Lipinski definition) is 5. The highest BCUT2D eigenvalue weighted by Crippen LogP contribution is 2.37. The largest absolute Gasteiger partial charge is 0.503 e. The van der Waals surface area contributed by atoms with Gasteiger partial charge in [-0.2, -0.15) is 4.99 Å². The highest BCUT2D eigenvalue weighted by atomic mass is 79.9. The summed E-state index contributed by atoms with van der Waals surface area (Å²) in [7, 11) is 3.31.